The maximum atomic E-state index is 13.5. The molecule has 0 aliphatic heterocycles. The number of carbonyl (C=O) groups is 1. The molecule has 2 aromatic rings. The van der Waals surface area contributed by atoms with Crippen molar-refractivity contribution in [3.8, 4) is 0 Å². The number of nitrogens with zero attached hydrogens (tertiary/aromatic N) is 1. The number of aliphatic hydroxyl groups is 1. The molecular formula is C26H39Cl2F2N3O4S. The Hall–Kier alpha value is -1.82. The van der Waals surface area contributed by atoms with E-state index in [1.807, 2.05) is 38.1 Å². The molecule has 0 aliphatic carbocycles. The maximum Gasteiger partial charge on any atom is 0.240 e. The highest BCUT2D eigenvalue weighted by molar-refractivity contribution is 7.91. The highest BCUT2D eigenvalue weighted by atomic mass is 35.5. The first kappa shape index (κ1) is 36.2. The fourth-order valence-electron chi connectivity index (χ4n) is 3.93. The lowest BCUT2D eigenvalue weighted by Gasteiger charge is -2.30. The van der Waals surface area contributed by atoms with Crippen LogP contribution in [0.25, 0.3) is 0 Å². The molecule has 0 fully saturated rings. The summed E-state index contributed by atoms with van der Waals surface area (Å²) in [5.41, 5.74) is 14.2. The predicted octanol–water partition coefficient (Wildman–Crippen LogP) is 3.17. The summed E-state index contributed by atoms with van der Waals surface area (Å²) in [6, 6.07) is 8.31. The maximum absolute atomic E-state index is 13.5. The molecule has 3 atom stereocenters. The Balaban J connectivity index is 0.00000684. The van der Waals surface area contributed by atoms with Crippen LogP contribution in [-0.2, 0) is 34.0 Å². The van der Waals surface area contributed by atoms with Gasteiger partial charge in [0.05, 0.1) is 23.7 Å². The van der Waals surface area contributed by atoms with Crippen molar-refractivity contribution in [2.45, 2.75) is 64.3 Å². The number of halogens is 4. The minimum atomic E-state index is -3.53. The second-order valence-corrected chi connectivity index (χ2v) is 11.4. The number of aryl methyl sites for hydroxylation is 1. The molecule has 0 radical (unpaired) electrons. The van der Waals surface area contributed by atoms with Crippen LogP contribution in [0.1, 0.15) is 43.4 Å². The zero-order chi connectivity index (χ0) is 26.9. The molecule has 0 bridgehead atoms. The van der Waals surface area contributed by atoms with Crippen LogP contribution in [0.5, 0.6) is 0 Å². The minimum Gasteiger partial charge on any atom is -0.390 e. The monoisotopic (exact) mass is 597 g/mol. The van der Waals surface area contributed by atoms with E-state index in [-0.39, 0.29) is 55.6 Å². The Kier molecular flexibility index (Phi) is 16.2. The van der Waals surface area contributed by atoms with E-state index in [1.165, 1.54) is 4.90 Å². The fraction of sp³-hybridized carbons (Fsp3) is 0.500. The van der Waals surface area contributed by atoms with Crippen molar-refractivity contribution in [3.05, 3.63) is 70.8 Å². The number of aliphatic hydroxyl groups excluding tert-OH is 1. The number of carbonyl (C=O) groups excluding carboxylic acids is 1. The smallest absolute Gasteiger partial charge is 0.240 e. The Morgan fingerprint density at radius 1 is 1.00 bits per heavy atom. The molecule has 0 saturated heterocycles. The van der Waals surface area contributed by atoms with Crippen molar-refractivity contribution < 1.29 is 27.1 Å². The van der Waals surface area contributed by atoms with Crippen LogP contribution in [-0.4, -0.2) is 60.6 Å². The summed E-state index contributed by atoms with van der Waals surface area (Å²) in [6.45, 7) is 3.73. The van der Waals surface area contributed by atoms with Crippen LogP contribution in [0.3, 0.4) is 0 Å². The van der Waals surface area contributed by atoms with E-state index in [0.29, 0.717) is 12.8 Å². The first-order valence-electron chi connectivity index (χ1n) is 12.1. The number of nitrogens with two attached hydrogens (primary N) is 2. The van der Waals surface area contributed by atoms with E-state index in [2.05, 4.69) is 0 Å². The number of hydrogen-bond acceptors (Lipinski definition) is 6. The summed E-state index contributed by atoms with van der Waals surface area (Å²) in [5, 5.41) is 10.8. The van der Waals surface area contributed by atoms with Crippen LogP contribution in [0.2, 0.25) is 0 Å². The lowest BCUT2D eigenvalue weighted by molar-refractivity contribution is -0.134. The lowest BCUT2D eigenvalue weighted by atomic mass is 10.0. The molecule has 216 valence electrons. The van der Waals surface area contributed by atoms with Gasteiger partial charge < -0.3 is 21.5 Å². The van der Waals surface area contributed by atoms with E-state index < -0.39 is 51.3 Å². The van der Waals surface area contributed by atoms with Gasteiger partial charge in [-0.25, -0.2) is 17.2 Å². The third kappa shape index (κ3) is 11.9. The van der Waals surface area contributed by atoms with Crippen molar-refractivity contribution in [1.29, 1.82) is 0 Å². The summed E-state index contributed by atoms with van der Waals surface area (Å²) in [7, 11) is -3.53. The van der Waals surface area contributed by atoms with Gasteiger partial charge in [-0.1, -0.05) is 44.5 Å². The quantitative estimate of drug-likeness (QED) is 0.307. The topological polar surface area (TPSA) is 127 Å². The van der Waals surface area contributed by atoms with Gasteiger partial charge in [-0.3, -0.25) is 4.79 Å². The Bertz CT molecular complexity index is 1110. The van der Waals surface area contributed by atoms with Crippen LogP contribution in [0.4, 0.5) is 8.78 Å². The molecule has 5 N–H and O–H groups in total. The van der Waals surface area contributed by atoms with Crippen LogP contribution in [0.15, 0.2) is 42.5 Å². The lowest BCUT2D eigenvalue weighted by Crippen LogP contribution is -2.52. The summed E-state index contributed by atoms with van der Waals surface area (Å²) in [4.78, 5) is 14.5. The molecular weight excluding hydrogens is 559 g/mol. The van der Waals surface area contributed by atoms with E-state index in [0.717, 1.165) is 35.7 Å². The molecule has 2 rings (SSSR count). The van der Waals surface area contributed by atoms with Crippen molar-refractivity contribution in [1.82, 2.24) is 4.90 Å². The Morgan fingerprint density at radius 3 is 2.18 bits per heavy atom. The van der Waals surface area contributed by atoms with Gasteiger partial charge in [0.1, 0.15) is 11.6 Å². The molecule has 38 heavy (non-hydrogen) atoms. The van der Waals surface area contributed by atoms with Crippen molar-refractivity contribution >= 4 is 40.6 Å². The zero-order valence-electron chi connectivity index (χ0n) is 21.7. The standard InChI is InChI=1S/C26H37F2N3O4S.2ClH/c1-3-5-9-36(34,35)17-24(30)26(33)31(15-19-8-6-7-18(4-2)10-19)16-25(32)23(29)13-20-11-21(27)14-22(28)12-20;;/h6-8,10-12,14,23-25,32H,3-5,9,13,15-17,29-30H2,1-2H3;2*1H/t23-,24+,25+;;/m0../s1. The normalized spacial score (nSPS) is 13.6. The second-order valence-electron chi connectivity index (χ2n) is 9.18. The number of hydrogen-bond donors (Lipinski definition) is 3. The van der Waals surface area contributed by atoms with Gasteiger partial charge in [-0.2, -0.15) is 0 Å². The van der Waals surface area contributed by atoms with Gasteiger partial charge in [0.25, 0.3) is 0 Å². The number of unbranched alkanes of at least 4 members (excludes halogenated alkanes) is 1. The number of rotatable bonds is 14. The summed E-state index contributed by atoms with van der Waals surface area (Å²) in [6.07, 6.45) is 0.681. The highest BCUT2D eigenvalue weighted by Crippen LogP contribution is 2.15. The second kappa shape index (κ2) is 17.0. The fourth-order valence-corrected chi connectivity index (χ4v) is 5.51. The van der Waals surface area contributed by atoms with Gasteiger partial charge in [-0.05, 0) is 48.1 Å². The average molecular weight is 599 g/mol. The molecule has 2 aromatic carbocycles. The molecule has 12 heteroatoms. The summed E-state index contributed by atoms with van der Waals surface area (Å²) < 4.78 is 51.8. The molecule has 0 spiro atoms. The van der Waals surface area contributed by atoms with Crippen LogP contribution >= 0.6 is 24.8 Å². The third-order valence-electron chi connectivity index (χ3n) is 5.94. The molecule has 7 nitrogen and oxygen atoms in total. The first-order chi connectivity index (χ1) is 16.9. The van der Waals surface area contributed by atoms with E-state index in [1.54, 1.807) is 0 Å². The van der Waals surface area contributed by atoms with Gasteiger partial charge in [0.2, 0.25) is 5.91 Å². The van der Waals surface area contributed by atoms with E-state index >= 15 is 0 Å². The van der Waals surface area contributed by atoms with Crippen molar-refractivity contribution in [2.75, 3.05) is 18.1 Å². The van der Waals surface area contributed by atoms with E-state index in [9.17, 15) is 27.1 Å². The molecule has 0 aromatic heterocycles. The molecule has 0 heterocycles. The van der Waals surface area contributed by atoms with Crippen molar-refractivity contribution in [3.63, 3.8) is 0 Å². The molecule has 1 amide bonds. The predicted molar refractivity (Wildman–Crippen MR) is 151 cm³/mol. The molecule has 0 saturated carbocycles. The first-order valence-corrected chi connectivity index (χ1v) is 14.0. The van der Waals surface area contributed by atoms with Gasteiger partial charge >= 0.3 is 0 Å². The Labute approximate surface area is 236 Å². The van der Waals surface area contributed by atoms with Crippen LogP contribution < -0.4 is 11.5 Å². The third-order valence-corrected chi connectivity index (χ3v) is 7.72. The van der Waals surface area contributed by atoms with Crippen LogP contribution in [0, 0.1) is 11.6 Å². The summed E-state index contributed by atoms with van der Waals surface area (Å²) in [5.74, 6) is -2.69. The number of amides is 1. The number of sulfone groups is 1. The Morgan fingerprint density at radius 2 is 1.61 bits per heavy atom. The minimum absolute atomic E-state index is 0. The van der Waals surface area contributed by atoms with Crippen molar-refractivity contribution in [2.24, 2.45) is 11.5 Å². The van der Waals surface area contributed by atoms with E-state index in [4.69, 9.17) is 11.5 Å². The molecule has 0 unspecified atom stereocenters. The average Bonchev–Trinajstić information content (AvgIpc) is 2.81. The SMILES string of the molecule is CCCCS(=O)(=O)C[C@@H](N)C(=O)N(Cc1cccc(CC)c1)C[C@@H](O)[C@@H](N)Cc1cc(F)cc(F)c1.Cl.Cl. The zero-order valence-corrected chi connectivity index (χ0v) is 24.1. The summed E-state index contributed by atoms with van der Waals surface area (Å²) >= 11 is 0. The largest absolute Gasteiger partial charge is 0.390 e. The van der Waals surface area contributed by atoms with Gasteiger partial charge in [0, 0.05) is 25.2 Å². The number of benzene rings is 2. The molecule has 0 aliphatic rings. The van der Waals surface area contributed by atoms with Gasteiger partial charge in [0.15, 0.2) is 9.84 Å². The highest BCUT2D eigenvalue weighted by Gasteiger charge is 2.29. The van der Waals surface area contributed by atoms with Gasteiger partial charge in [-0.15, -0.1) is 24.8 Å².